The number of nitrogens with zero attached hydrogens (tertiary/aromatic N) is 2. The minimum atomic E-state index is 1.05. The zero-order valence-corrected chi connectivity index (χ0v) is 9.59. The van der Waals surface area contributed by atoms with Crippen LogP contribution in [0, 0.1) is 0 Å². The van der Waals surface area contributed by atoms with Crippen molar-refractivity contribution in [2.24, 2.45) is 5.10 Å². The van der Waals surface area contributed by atoms with Crippen molar-refractivity contribution in [2.75, 3.05) is 14.1 Å². The van der Waals surface area contributed by atoms with Crippen LogP contribution in [-0.2, 0) is 0 Å². The Morgan fingerprint density at radius 3 is 2.31 bits per heavy atom. The topological polar surface area (TPSA) is 15.6 Å². The fraction of sp³-hybridized carbons (Fsp3) is 0.727. The average molecular weight is 182 g/mol. The quantitative estimate of drug-likeness (QED) is 0.362. The summed E-state index contributed by atoms with van der Waals surface area (Å²) < 4.78 is 0. The van der Waals surface area contributed by atoms with Gasteiger partial charge >= 0.3 is 0 Å². The molecule has 0 N–H and O–H groups in total. The summed E-state index contributed by atoms with van der Waals surface area (Å²) in [6.07, 6.45) is 5.51. The second-order valence-electron chi connectivity index (χ2n) is 3.69. The van der Waals surface area contributed by atoms with E-state index in [1.54, 1.807) is 0 Å². The van der Waals surface area contributed by atoms with Gasteiger partial charge in [0, 0.05) is 19.8 Å². The van der Waals surface area contributed by atoms with E-state index >= 15 is 0 Å². The maximum Gasteiger partial charge on any atom is 0.0380 e. The summed E-state index contributed by atoms with van der Waals surface area (Å²) in [5.74, 6) is 0. The van der Waals surface area contributed by atoms with E-state index in [4.69, 9.17) is 0 Å². The summed E-state index contributed by atoms with van der Waals surface area (Å²) in [5.41, 5.74) is 2.67. The highest BCUT2D eigenvalue weighted by atomic mass is 15.4. The molecule has 0 unspecified atom stereocenters. The first kappa shape index (κ1) is 12.2. The van der Waals surface area contributed by atoms with Crippen molar-refractivity contribution in [3.8, 4) is 0 Å². The Hall–Kier alpha value is -0.790. The molecule has 13 heavy (non-hydrogen) atoms. The van der Waals surface area contributed by atoms with Gasteiger partial charge in [0.2, 0.25) is 0 Å². The molecular formula is C11H22N2. The Morgan fingerprint density at radius 1 is 1.31 bits per heavy atom. The number of hydrogen-bond acceptors (Lipinski definition) is 2. The monoisotopic (exact) mass is 182 g/mol. The van der Waals surface area contributed by atoms with E-state index in [-0.39, 0.29) is 0 Å². The summed E-state index contributed by atoms with van der Waals surface area (Å²) in [7, 11) is 3.94. The van der Waals surface area contributed by atoms with Gasteiger partial charge in [-0.1, -0.05) is 18.6 Å². The smallest absolute Gasteiger partial charge is 0.0380 e. The van der Waals surface area contributed by atoms with Gasteiger partial charge in [-0.05, 0) is 33.1 Å². The third-order valence-electron chi connectivity index (χ3n) is 1.74. The SMILES string of the molecule is CC/C(CCC=C(C)C)=N/N(C)C. The Labute approximate surface area is 82.3 Å². The fourth-order valence-corrected chi connectivity index (χ4v) is 1.11. The van der Waals surface area contributed by atoms with Gasteiger partial charge in [-0.15, -0.1) is 0 Å². The highest BCUT2D eigenvalue weighted by Gasteiger charge is 1.95. The van der Waals surface area contributed by atoms with Gasteiger partial charge in [-0.3, -0.25) is 0 Å². The van der Waals surface area contributed by atoms with Crippen LogP contribution in [0.2, 0.25) is 0 Å². The molecule has 2 nitrogen and oxygen atoms in total. The molecule has 0 aliphatic rings. The van der Waals surface area contributed by atoms with Gasteiger partial charge in [-0.25, -0.2) is 0 Å². The first-order valence-electron chi connectivity index (χ1n) is 4.93. The van der Waals surface area contributed by atoms with Crippen molar-refractivity contribution in [3.05, 3.63) is 11.6 Å². The van der Waals surface area contributed by atoms with E-state index in [1.807, 2.05) is 19.1 Å². The van der Waals surface area contributed by atoms with Crippen LogP contribution in [0.4, 0.5) is 0 Å². The molecule has 76 valence electrons. The van der Waals surface area contributed by atoms with Gasteiger partial charge in [0.25, 0.3) is 0 Å². The Balaban J connectivity index is 3.93. The molecule has 0 heterocycles. The zero-order valence-electron chi connectivity index (χ0n) is 9.59. The number of rotatable bonds is 5. The first-order valence-corrected chi connectivity index (χ1v) is 4.93. The molecule has 0 spiro atoms. The lowest BCUT2D eigenvalue weighted by Crippen LogP contribution is -2.08. The van der Waals surface area contributed by atoms with E-state index in [0.29, 0.717) is 0 Å². The Bertz CT molecular complexity index is 186. The molecule has 0 amide bonds. The van der Waals surface area contributed by atoms with Gasteiger partial charge in [-0.2, -0.15) is 5.10 Å². The molecule has 0 aromatic heterocycles. The summed E-state index contributed by atoms with van der Waals surface area (Å²) in [6, 6.07) is 0. The van der Waals surface area contributed by atoms with Crippen LogP contribution in [0.25, 0.3) is 0 Å². The molecule has 0 aromatic carbocycles. The standard InChI is InChI=1S/C11H22N2/c1-6-11(12-13(4)5)9-7-8-10(2)3/h8H,6-7,9H2,1-5H3/b12-11-. The van der Waals surface area contributed by atoms with Crippen molar-refractivity contribution >= 4 is 5.71 Å². The van der Waals surface area contributed by atoms with Crippen LogP contribution in [0.15, 0.2) is 16.8 Å². The van der Waals surface area contributed by atoms with Gasteiger partial charge < -0.3 is 5.01 Å². The molecule has 2 heteroatoms. The van der Waals surface area contributed by atoms with Crippen molar-refractivity contribution in [1.29, 1.82) is 0 Å². The highest BCUT2D eigenvalue weighted by molar-refractivity contribution is 5.84. The molecule has 0 radical (unpaired) electrons. The molecule has 0 saturated heterocycles. The van der Waals surface area contributed by atoms with E-state index in [1.165, 1.54) is 11.3 Å². The summed E-state index contributed by atoms with van der Waals surface area (Å²) in [5, 5.41) is 6.29. The molecule has 0 aliphatic heterocycles. The number of allylic oxidation sites excluding steroid dienone is 2. The van der Waals surface area contributed by atoms with Gasteiger partial charge in [0.05, 0.1) is 0 Å². The summed E-state index contributed by atoms with van der Waals surface area (Å²) in [6.45, 7) is 6.42. The lowest BCUT2D eigenvalue weighted by Gasteiger charge is -2.08. The maximum atomic E-state index is 4.41. The van der Waals surface area contributed by atoms with Gasteiger partial charge in [0.1, 0.15) is 0 Å². The Kier molecular flexibility index (Phi) is 6.29. The van der Waals surface area contributed by atoms with E-state index in [2.05, 4.69) is 31.9 Å². The molecule has 0 saturated carbocycles. The van der Waals surface area contributed by atoms with E-state index in [9.17, 15) is 0 Å². The molecule has 0 fully saturated rings. The van der Waals surface area contributed by atoms with Crippen molar-refractivity contribution in [1.82, 2.24) is 5.01 Å². The molecular weight excluding hydrogens is 160 g/mol. The second-order valence-corrected chi connectivity index (χ2v) is 3.69. The Morgan fingerprint density at radius 2 is 1.92 bits per heavy atom. The van der Waals surface area contributed by atoms with Crippen molar-refractivity contribution < 1.29 is 0 Å². The normalized spacial score (nSPS) is 11.3. The zero-order chi connectivity index (χ0) is 10.3. The number of hydrazone groups is 1. The lowest BCUT2D eigenvalue weighted by atomic mass is 10.1. The van der Waals surface area contributed by atoms with Crippen LogP contribution in [0.5, 0.6) is 0 Å². The fourth-order valence-electron chi connectivity index (χ4n) is 1.11. The molecule has 0 rings (SSSR count). The minimum Gasteiger partial charge on any atom is -0.303 e. The average Bonchev–Trinajstić information content (AvgIpc) is 2.01. The molecule has 0 aliphatic carbocycles. The van der Waals surface area contributed by atoms with E-state index < -0.39 is 0 Å². The van der Waals surface area contributed by atoms with Crippen LogP contribution < -0.4 is 0 Å². The van der Waals surface area contributed by atoms with Crippen LogP contribution >= 0.6 is 0 Å². The third-order valence-corrected chi connectivity index (χ3v) is 1.74. The summed E-state index contributed by atoms with van der Waals surface area (Å²) in [4.78, 5) is 0. The van der Waals surface area contributed by atoms with Crippen molar-refractivity contribution in [2.45, 2.75) is 40.0 Å². The van der Waals surface area contributed by atoms with Crippen LogP contribution in [0.3, 0.4) is 0 Å². The van der Waals surface area contributed by atoms with Gasteiger partial charge in [0.15, 0.2) is 0 Å². The van der Waals surface area contributed by atoms with Crippen LogP contribution in [-0.4, -0.2) is 24.8 Å². The summed E-state index contributed by atoms with van der Waals surface area (Å²) >= 11 is 0. The third kappa shape index (κ3) is 7.57. The molecule has 0 aromatic rings. The number of hydrogen-bond donors (Lipinski definition) is 0. The predicted octanol–water partition coefficient (Wildman–Crippen LogP) is 3.06. The molecule has 0 bridgehead atoms. The first-order chi connectivity index (χ1) is 6.06. The van der Waals surface area contributed by atoms with Crippen molar-refractivity contribution in [3.63, 3.8) is 0 Å². The minimum absolute atomic E-state index is 1.05. The lowest BCUT2D eigenvalue weighted by molar-refractivity contribution is 0.434. The highest BCUT2D eigenvalue weighted by Crippen LogP contribution is 2.02. The molecule has 0 atom stereocenters. The van der Waals surface area contributed by atoms with E-state index in [0.717, 1.165) is 19.3 Å². The largest absolute Gasteiger partial charge is 0.303 e. The maximum absolute atomic E-state index is 4.41. The van der Waals surface area contributed by atoms with Crippen LogP contribution in [0.1, 0.15) is 40.0 Å². The second kappa shape index (κ2) is 6.70. The predicted molar refractivity (Wildman–Crippen MR) is 60.1 cm³/mol.